The van der Waals surface area contributed by atoms with Crippen LogP contribution in [0.25, 0.3) is 0 Å². The van der Waals surface area contributed by atoms with Gasteiger partial charge in [0.05, 0.1) is 13.1 Å². The number of rotatable bonds is 6. The number of hydrogen-bond acceptors (Lipinski definition) is 3. The Kier molecular flexibility index (Phi) is 6.73. The third-order valence-electron chi connectivity index (χ3n) is 3.62. The van der Waals surface area contributed by atoms with Crippen LogP contribution >= 0.6 is 15.9 Å². The summed E-state index contributed by atoms with van der Waals surface area (Å²) in [5, 5.41) is 5.69. The van der Waals surface area contributed by atoms with E-state index in [1.165, 1.54) is 0 Å². The van der Waals surface area contributed by atoms with E-state index in [2.05, 4.69) is 26.6 Å². The zero-order valence-corrected chi connectivity index (χ0v) is 16.2. The maximum Gasteiger partial charge on any atom is 0.238 e. The van der Waals surface area contributed by atoms with E-state index in [0.29, 0.717) is 0 Å². The first-order chi connectivity index (χ1) is 11.8. The van der Waals surface area contributed by atoms with Crippen molar-refractivity contribution in [2.45, 2.75) is 13.8 Å². The van der Waals surface area contributed by atoms with Crippen LogP contribution in [0.5, 0.6) is 0 Å². The van der Waals surface area contributed by atoms with Gasteiger partial charge < -0.3 is 10.6 Å². The van der Waals surface area contributed by atoms with E-state index in [9.17, 15) is 9.59 Å². The number of carbonyl (C=O) groups is 2. The Morgan fingerprint density at radius 3 is 2.16 bits per heavy atom. The monoisotopic (exact) mass is 403 g/mol. The number of nitrogens with one attached hydrogen (secondary N) is 2. The molecule has 5 nitrogen and oxygen atoms in total. The topological polar surface area (TPSA) is 61.4 Å². The van der Waals surface area contributed by atoms with Crippen molar-refractivity contribution in [1.82, 2.24) is 4.90 Å². The largest absolute Gasteiger partial charge is 0.325 e. The fourth-order valence-corrected chi connectivity index (χ4v) is 2.82. The average Bonchev–Trinajstić information content (AvgIpc) is 2.52. The Bertz CT molecular complexity index is 760. The Morgan fingerprint density at radius 1 is 0.960 bits per heavy atom. The van der Waals surface area contributed by atoms with E-state index >= 15 is 0 Å². The molecular weight excluding hydrogens is 382 g/mol. The first-order valence-electron chi connectivity index (χ1n) is 7.94. The molecule has 0 aliphatic rings. The molecule has 0 aliphatic heterocycles. The van der Waals surface area contributed by atoms with E-state index in [4.69, 9.17) is 0 Å². The quantitative estimate of drug-likeness (QED) is 0.774. The van der Waals surface area contributed by atoms with Crippen molar-refractivity contribution >= 4 is 39.1 Å². The Balaban J connectivity index is 1.82. The normalized spacial score (nSPS) is 10.6. The summed E-state index contributed by atoms with van der Waals surface area (Å²) in [6, 6.07) is 13.3. The summed E-state index contributed by atoms with van der Waals surface area (Å²) in [6.07, 6.45) is 0. The molecule has 2 aromatic carbocycles. The molecule has 2 aromatic rings. The lowest BCUT2D eigenvalue weighted by Gasteiger charge is -2.16. The fourth-order valence-electron chi connectivity index (χ4n) is 2.34. The lowest BCUT2D eigenvalue weighted by atomic mass is 10.2. The Hall–Kier alpha value is -2.18. The lowest BCUT2D eigenvalue weighted by Crippen LogP contribution is -2.36. The molecule has 0 radical (unpaired) electrons. The molecule has 0 saturated heterocycles. The number of carbonyl (C=O) groups excluding carboxylic acids is 2. The number of nitrogens with zero attached hydrogens (tertiary/aromatic N) is 1. The summed E-state index contributed by atoms with van der Waals surface area (Å²) in [5.41, 5.74) is 3.63. The minimum Gasteiger partial charge on any atom is -0.325 e. The maximum atomic E-state index is 12.1. The van der Waals surface area contributed by atoms with Crippen molar-refractivity contribution in [2.24, 2.45) is 0 Å². The standard InChI is InChI=1S/C19H22BrN3O2/c1-13-4-7-16(8-5-13)21-18(24)11-23(3)12-19(25)22-17-9-6-15(20)10-14(17)2/h4-10H,11-12H2,1-3H3,(H,21,24)(H,22,25). The van der Waals surface area contributed by atoms with Gasteiger partial charge in [0.2, 0.25) is 11.8 Å². The highest BCUT2D eigenvalue weighted by Crippen LogP contribution is 2.19. The highest BCUT2D eigenvalue weighted by Gasteiger charge is 2.12. The molecule has 0 heterocycles. The Labute approximate surface area is 156 Å². The summed E-state index contributed by atoms with van der Waals surface area (Å²) < 4.78 is 0.966. The van der Waals surface area contributed by atoms with Crippen LogP contribution in [-0.2, 0) is 9.59 Å². The van der Waals surface area contributed by atoms with Crippen LogP contribution in [0.15, 0.2) is 46.9 Å². The third-order valence-corrected chi connectivity index (χ3v) is 4.12. The van der Waals surface area contributed by atoms with Gasteiger partial charge in [0.15, 0.2) is 0 Å². The van der Waals surface area contributed by atoms with Crippen LogP contribution in [0.4, 0.5) is 11.4 Å². The van der Waals surface area contributed by atoms with Crippen LogP contribution in [0.2, 0.25) is 0 Å². The van der Waals surface area contributed by atoms with Crippen LogP contribution in [0.3, 0.4) is 0 Å². The van der Waals surface area contributed by atoms with E-state index in [1.54, 1.807) is 11.9 Å². The molecule has 0 aromatic heterocycles. The van der Waals surface area contributed by atoms with Crippen molar-refractivity contribution in [2.75, 3.05) is 30.8 Å². The Morgan fingerprint density at radius 2 is 1.56 bits per heavy atom. The molecule has 0 unspecified atom stereocenters. The van der Waals surface area contributed by atoms with Crippen LogP contribution in [0, 0.1) is 13.8 Å². The molecule has 0 aliphatic carbocycles. The summed E-state index contributed by atoms with van der Waals surface area (Å²) in [5.74, 6) is -0.310. The number of likely N-dealkylation sites (N-methyl/N-ethyl adjacent to an activating group) is 1. The number of anilines is 2. The van der Waals surface area contributed by atoms with Gasteiger partial charge in [0.1, 0.15) is 0 Å². The molecule has 2 rings (SSSR count). The second-order valence-electron chi connectivity index (χ2n) is 6.09. The molecule has 2 amide bonds. The molecule has 6 heteroatoms. The van der Waals surface area contributed by atoms with Crippen molar-refractivity contribution in [3.05, 3.63) is 58.1 Å². The van der Waals surface area contributed by atoms with Crippen LogP contribution in [-0.4, -0.2) is 36.9 Å². The van der Waals surface area contributed by atoms with Crippen molar-refractivity contribution in [3.63, 3.8) is 0 Å². The second-order valence-corrected chi connectivity index (χ2v) is 7.01. The van der Waals surface area contributed by atoms with Crippen molar-refractivity contribution in [3.8, 4) is 0 Å². The predicted molar refractivity (Wildman–Crippen MR) is 105 cm³/mol. The summed E-state index contributed by atoms with van der Waals surface area (Å²) >= 11 is 3.40. The van der Waals surface area contributed by atoms with Gasteiger partial charge in [-0.25, -0.2) is 0 Å². The van der Waals surface area contributed by atoms with Crippen molar-refractivity contribution < 1.29 is 9.59 Å². The number of benzene rings is 2. The lowest BCUT2D eigenvalue weighted by molar-refractivity contribution is -0.119. The zero-order valence-electron chi connectivity index (χ0n) is 14.6. The number of amides is 2. The summed E-state index contributed by atoms with van der Waals surface area (Å²) in [4.78, 5) is 25.9. The average molecular weight is 404 g/mol. The van der Waals surface area contributed by atoms with Crippen LogP contribution in [0.1, 0.15) is 11.1 Å². The molecule has 0 atom stereocenters. The first-order valence-corrected chi connectivity index (χ1v) is 8.74. The highest BCUT2D eigenvalue weighted by atomic mass is 79.9. The third kappa shape index (κ3) is 6.32. The molecule has 25 heavy (non-hydrogen) atoms. The van der Waals surface area contributed by atoms with Gasteiger partial charge in [0.25, 0.3) is 0 Å². The van der Waals surface area contributed by atoms with Gasteiger partial charge >= 0.3 is 0 Å². The SMILES string of the molecule is Cc1ccc(NC(=O)CN(C)CC(=O)Nc2ccc(Br)cc2C)cc1. The molecule has 0 saturated carbocycles. The van der Waals surface area contributed by atoms with Gasteiger partial charge in [-0.15, -0.1) is 0 Å². The van der Waals surface area contributed by atoms with E-state index in [0.717, 1.165) is 27.0 Å². The van der Waals surface area contributed by atoms with Gasteiger partial charge in [-0.3, -0.25) is 14.5 Å². The minimum atomic E-state index is -0.156. The number of aryl methyl sites for hydroxylation is 2. The van der Waals surface area contributed by atoms with Gasteiger partial charge in [-0.05, 0) is 56.8 Å². The van der Waals surface area contributed by atoms with Crippen molar-refractivity contribution in [1.29, 1.82) is 0 Å². The van der Waals surface area contributed by atoms with E-state index < -0.39 is 0 Å². The van der Waals surface area contributed by atoms with Crippen LogP contribution < -0.4 is 10.6 Å². The summed E-state index contributed by atoms with van der Waals surface area (Å²) in [7, 11) is 1.74. The van der Waals surface area contributed by atoms with E-state index in [-0.39, 0.29) is 24.9 Å². The molecule has 0 bridgehead atoms. The maximum absolute atomic E-state index is 12.1. The van der Waals surface area contributed by atoms with E-state index in [1.807, 2.05) is 56.3 Å². The highest BCUT2D eigenvalue weighted by molar-refractivity contribution is 9.10. The summed E-state index contributed by atoms with van der Waals surface area (Å²) in [6.45, 7) is 4.20. The zero-order chi connectivity index (χ0) is 18.4. The van der Waals surface area contributed by atoms with Gasteiger partial charge in [0, 0.05) is 15.8 Å². The predicted octanol–water partition coefficient (Wildman–Crippen LogP) is 3.57. The molecule has 132 valence electrons. The number of halogens is 1. The molecule has 0 spiro atoms. The first kappa shape index (κ1) is 19.1. The fraction of sp³-hybridized carbons (Fsp3) is 0.263. The molecule has 2 N–H and O–H groups in total. The second kappa shape index (κ2) is 8.78. The number of hydrogen-bond donors (Lipinski definition) is 2. The van der Waals surface area contributed by atoms with Gasteiger partial charge in [-0.2, -0.15) is 0 Å². The molecular formula is C19H22BrN3O2. The van der Waals surface area contributed by atoms with Gasteiger partial charge in [-0.1, -0.05) is 33.6 Å². The smallest absolute Gasteiger partial charge is 0.238 e. The minimum absolute atomic E-state index is 0.136. The molecule has 0 fully saturated rings.